The predicted octanol–water partition coefficient (Wildman–Crippen LogP) is 2.02. The number of rotatable bonds is 5. The summed E-state index contributed by atoms with van der Waals surface area (Å²) in [5.74, 6) is 1.19. The summed E-state index contributed by atoms with van der Waals surface area (Å²) in [5, 5.41) is 22.2. The van der Waals surface area contributed by atoms with Gasteiger partial charge in [0.05, 0.1) is 17.7 Å². The molecule has 0 bridgehead atoms. The Bertz CT molecular complexity index is 419. The summed E-state index contributed by atoms with van der Waals surface area (Å²) in [5.41, 5.74) is 1.05. The van der Waals surface area contributed by atoms with Crippen LogP contribution in [-0.4, -0.2) is 30.0 Å². The SMILES string of the molecule is COc1cc(CNCC2CC(O)C2)cc(Br)c1O. The normalized spacial score (nSPS) is 22.6. The van der Waals surface area contributed by atoms with E-state index in [1.807, 2.05) is 12.1 Å². The van der Waals surface area contributed by atoms with Crippen LogP contribution in [0.5, 0.6) is 11.5 Å². The molecule has 2 rings (SSSR count). The van der Waals surface area contributed by atoms with E-state index in [1.54, 1.807) is 0 Å². The van der Waals surface area contributed by atoms with Gasteiger partial charge in [0, 0.05) is 6.54 Å². The van der Waals surface area contributed by atoms with Crippen molar-refractivity contribution in [3.63, 3.8) is 0 Å². The standard InChI is InChI=1S/C13H18BrNO3/c1-18-12-5-9(4-11(14)13(12)17)7-15-6-8-2-10(16)3-8/h4-5,8,10,15-17H,2-3,6-7H2,1H3. The van der Waals surface area contributed by atoms with Gasteiger partial charge in [-0.05, 0) is 58.9 Å². The summed E-state index contributed by atoms with van der Waals surface area (Å²) in [6, 6.07) is 3.70. The van der Waals surface area contributed by atoms with Crippen LogP contribution in [0.25, 0.3) is 0 Å². The summed E-state index contributed by atoms with van der Waals surface area (Å²) < 4.78 is 5.74. The lowest BCUT2D eigenvalue weighted by atomic mass is 9.82. The smallest absolute Gasteiger partial charge is 0.172 e. The van der Waals surface area contributed by atoms with E-state index < -0.39 is 0 Å². The Morgan fingerprint density at radius 2 is 2.17 bits per heavy atom. The molecule has 0 unspecified atom stereocenters. The quantitative estimate of drug-likeness (QED) is 0.778. The fourth-order valence-electron chi connectivity index (χ4n) is 2.17. The van der Waals surface area contributed by atoms with Crippen LogP contribution in [0.2, 0.25) is 0 Å². The van der Waals surface area contributed by atoms with Crippen molar-refractivity contribution in [1.29, 1.82) is 0 Å². The number of phenolic OH excluding ortho intramolecular Hbond substituents is 1. The molecule has 4 nitrogen and oxygen atoms in total. The molecule has 0 aliphatic heterocycles. The molecule has 0 atom stereocenters. The Morgan fingerprint density at radius 3 is 2.78 bits per heavy atom. The Balaban J connectivity index is 1.87. The highest BCUT2D eigenvalue weighted by atomic mass is 79.9. The van der Waals surface area contributed by atoms with Gasteiger partial charge in [0.25, 0.3) is 0 Å². The number of ether oxygens (including phenoxy) is 1. The van der Waals surface area contributed by atoms with Gasteiger partial charge in [-0.2, -0.15) is 0 Å². The topological polar surface area (TPSA) is 61.7 Å². The maximum absolute atomic E-state index is 9.69. The molecule has 1 aromatic carbocycles. The van der Waals surface area contributed by atoms with Gasteiger partial charge in [-0.15, -0.1) is 0 Å². The van der Waals surface area contributed by atoms with Gasteiger partial charge in [-0.25, -0.2) is 0 Å². The number of hydrogen-bond acceptors (Lipinski definition) is 4. The number of hydrogen-bond donors (Lipinski definition) is 3. The summed E-state index contributed by atoms with van der Waals surface area (Å²) in [7, 11) is 1.54. The number of aromatic hydroxyl groups is 1. The molecular weight excluding hydrogens is 298 g/mol. The number of benzene rings is 1. The highest BCUT2D eigenvalue weighted by Crippen LogP contribution is 2.35. The molecule has 0 amide bonds. The van der Waals surface area contributed by atoms with Crippen LogP contribution in [0.3, 0.4) is 0 Å². The number of phenols is 1. The van der Waals surface area contributed by atoms with E-state index in [4.69, 9.17) is 4.74 Å². The monoisotopic (exact) mass is 315 g/mol. The second-order valence-electron chi connectivity index (χ2n) is 4.75. The van der Waals surface area contributed by atoms with Gasteiger partial charge in [0.2, 0.25) is 0 Å². The van der Waals surface area contributed by atoms with Crippen molar-refractivity contribution in [2.75, 3.05) is 13.7 Å². The minimum absolute atomic E-state index is 0.0975. The van der Waals surface area contributed by atoms with Gasteiger partial charge >= 0.3 is 0 Å². The molecule has 5 heteroatoms. The zero-order valence-electron chi connectivity index (χ0n) is 10.3. The Labute approximate surface area is 115 Å². The van der Waals surface area contributed by atoms with Crippen LogP contribution in [0, 0.1) is 5.92 Å². The van der Waals surface area contributed by atoms with E-state index in [9.17, 15) is 10.2 Å². The number of nitrogens with one attached hydrogen (secondary N) is 1. The Hall–Kier alpha value is -0.780. The van der Waals surface area contributed by atoms with Crippen LogP contribution >= 0.6 is 15.9 Å². The van der Waals surface area contributed by atoms with Crippen LogP contribution in [0.4, 0.5) is 0 Å². The first kappa shape index (κ1) is 13.6. The molecule has 0 heterocycles. The lowest BCUT2D eigenvalue weighted by molar-refractivity contribution is 0.0430. The van der Waals surface area contributed by atoms with Crippen molar-refractivity contribution in [3.8, 4) is 11.5 Å². The summed E-state index contributed by atoms with van der Waals surface area (Å²) in [6.07, 6.45) is 1.70. The first-order valence-corrected chi connectivity index (χ1v) is 6.83. The maximum atomic E-state index is 9.69. The average Bonchev–Trinajstić information content (AvgIpc) is 2.31. The molecule has 1 saturated carbocycles. The second-order valence-corrected chi connectivity index (χ2v) is 5.61. The van der Waals surface area contributed by atoms with Gasteiger partial charge < -0.3 is 20.3 Å². The largest absolute Gasteiger partial charge is 0.503 e. The summed E-state index contributed by atoms with van der Waals surface area (Å²) in [6.45, 7) is 1.64. The Morgan fingerprint density at radius 1 is 1.44 bits per heavy atom. The van der Waals surface area contributed by atoms with Gasteiger partial charge in [-0.1, -0.05) is 0 Å². The third-order valence-electron chi connectivity index (χ3n) is 3.28. The van der Waals surface area contributed by atoms with Crippen molar-refractivity contribution in [2.45, 2.75) is 25.5 Å². The predicted molar refractivity (Wildman–Crippen MR) is 72.8 cm³/mol. The minimum atomic E-state index is -0.0975. The molecule has 1 aliphatic carbocycles. The van der Waals surface area contributed by atoms with Gasteiger partial charge in [-0.3, -0.25) is 0 Å². The maximum Gasteiger partial charge on any atom is 0.172 e. The molecule has 18 heavy (non-hydrogen) atoms. The molecule has 3 N–H and O–H groups in total. The third kappa shape index (κ3) is 3.16. The van der Waals surface area contributed by atoms with E-state index in [0.717, 1.165) is 31.5 Å². The third-order valence-corrected chi connectivity index (χ3v) is 3.89. The van der Waals surface area contributed by atoms with Gasteiger partial charge in [0.1, 0.15) is 0 Å². The Kier molecular flexibility index (Phi) is 4.48. The van der Waals surface area contributed by atoms with Crippen molar-refractivity contribution < 1.29 is 14.9 Å². The van der Waals surface area contributed by atoms with E-state index in [1.165, 1.54) is 7.11 Å². The highest BCUT2D eigenvalue weighted by Gasteiger charge is 2.26. The molecule has 100 valence electrons. The zero-order valence-corrected chi connectivity index (χ0v) is 11.9. The molecule has 0 radical (unpaired) electrons. The van der Waals surface area contributed by atoms with E-state index in [-0.39, 0.29) is 11.9 Å². The number of methoxy groups -OCH3 is 1. The fourth-order valence-corrected chi connectivity index (χ4v) is 2.66. The molecule has 1 fully saturated rings. The van der Waals surface area contributed by atoms with E-state index in [0.29, 0.717) is 16.1 Å². The zero-order chi connectivity index (χ0) is 13.1. The van der Waals surface area contributed by atoms with Crippen molar-refractivity contribution in [2.24, 2.45) is 5.92 Å². The number of aliphatic hydroxyl groups excluding tert-OH is 1. The van der Waals surface area contributed by atoms with Gasteiger partial charge in [0.15, 0.2) is 11.5 Å². The molecule has 0 saturated heterocycles. The number of halogens is 1. The second kappa shape index (κ2) is 5.91. The number of aliphatic hydroxyl groups is 1. The van der Waals surface area contributed by atoms with Crippen molar-refractivity contribution in [1.82, 2.24) is 5.32 Å². The van der Waals surface area contributed by atoms with Crippen molar-refractivity contribution in [3.05, 3.63) is 22.2 Å². The fraction of sp³-hybridized carbons (Fsp3) is 0.538. The van der Waals surface area contributed by atoms with Crippen molar-refractivity contribution >= 4 is 15.9 Å². The first-order valence-electron chi connectivity index (χ1n) is 6.04. The first-order chi connectivity index (χ1) is 8.60. The van der Waals surface area contributed by atoms with Crippen LogP contribution in [0.15, 0.2) is 16.6 Å². The summed E-state index contributed by atoms with van der Waals surface area (Å²) in [4.78, 5) is 0. The molecular formula is C13H18BrNO3. The minimum Gasteiger partial charge on any atom is -0.503 e. The average molecular weight is 316 g/mol. The molecule has 1 aromatic rings. The van der Waals surface area contributed by atoms with Crippen LogP contribution in [0.1, 0.15) is 18.4 Å². The van der Waals surface area contributed by atoms with Crippen LogP contribution in [-0.2, 0) is 6.54 Å². The van der Waals surface area contributed by atoms with Crippen LogP contribution < -0.4 is 10.1 Å². The lowest BCUT2D eigenvalue weighted by Crippen LogP contribution is -2.35. The molecule has 0 spiro atoms. The van der Waals surface area contributed by atoms with E-state index >= 15 is 0 Å². The van der Waals surface area contributed by atoms with E-state index in [2.05, 4.69) is 21.2 Å². The summed E-state index contributed by atoms with van der Waals surface area (Å²) >= 11 is 3.30. The lowest BCUT2D eigenvalue weighted by Gasteiger charge is -2.31. The molecule has 0 aromatic heterocycles. The molecule has 1 aliphatic rings. The highest BCUT2D eigenvalue weighted by molar-refractivity contribution is 9.10.